The number of carboxylic acid groups (broad SMARTS) is 1. The van der Waals surface area contributed by atoms with Gasteiger partial charge in [-0.2, -0.15) is 0 Å². The second-order valence-electron chi connectivity index (χ2n) is 2.30. The van der Waals surface area contributed by atoms with E-state index in [1.807, 2.05) is 0 Å². The first-order valence-electron chi connectivity index (χ1n) is 3.29. The van der Waals surface area contributed by atoms with Gasteiger partial charge >= 0.3 is 18.9 Å². The molecule has 0 aliphatic carbocycles. The van der Waals surface area contributed by atoms with Gasteiger partial charge in [0, 0.05) is 5.92 Å². The first-order chi connectivity index (χ1) is 5.63. The number of carbonyl (C=O) groups excluding carboxylic acids is 1. The Labute approximate surface area is 86.4 Å². The topological polar surface area (TPSA) is 65.9 Å². The molecule has 1 aromatic rings. The van der Waals surface area contributed by atoms with Crippen molar-refractivity contribution in [2.45, 2.75) is 12.8 Å². The molecule has 1 aromatic heterocycles. The zero-order valence-electron chi connectivity index (χ0n) is 7.32. The number of rotatable bonds is 2. The molecule has 64 valence electrons. The van der Waals surface area contributed by atoms with Gasteiger partial charge in [-0.15, -0.1) is 0 Å². The van der Waals surface area contributed by atoms with E-state index < -0.39 is 17.7 Å². The minimum atomic E-state index is -1.35. The molecule has 4 nitrogen and oxygen atoms in total. The van der Waals surface area contributed by atoms with Crippen LogP contribution in [-0.2, 0) is 4.79 Å². The van der Waals surface area contributed by atoms with Gasteiger partial charge in [0.1, 0.15) is 6.33 Å². The Hall–Kier alpha value is -0.923. The predicted octanol–water partition coefficient (Wildman–Crippen LogP) is -3.53. The number of aromatic nitrogens is 2. The summed E-state index contributed by atoms with van der Waals surface area (Å²) < 4.78 is 12.8. The third-order valence-electron chi connectivity index (χ3n) is 1.46. The molecular formula is C7H6FLiN2O2. The molecule has 0 aliphatic heterocycles. The molecule has 0 spiro atoms. The number of carboxylic acids is 1. The summed E-state index contributed by atoms with van der Waals surface area (Å²) in [4.78, 5) is 17.2. The fourth-order valence-corrected chi connectivity index (χ4v) is 0.752. The van der Waals surface area contributed by atoms with Gasteiger partial charge in [0.15, 0.2) is 5.82 Å². The Balaban J connectivity index is 0.00000144. The van der Waals surface area contributed by atoms with E-state index in [4.69, 9.17) is 0 Å². The Morgan fingerprint density at radius 2 is 2.31 bits per heavy atom. The summed E-state index contributed by atoms with van der Waals surface area (Å²) in [5, 5.41) is 10.3. The standard InChI is InChI=1S/C7H7FN2O2.Li/c1-4(7(11)12)6-5(8)2-9-3-10-6;/h2-4H,1H3,(H,11,12);/q;+1/p-1. The van der Waals surface area contributed by atoms with Gasteiger partial charge in [-0.1, -0.05) is 6.92 Å². The van der Waals surface area contributed by atoms with Crippen LogP contribution in [0.4, 0.5) is 4.39 Å². The van der Waals surface area contributed by atoms with Crippen LogP contribution in [0.15, 0.2) is 12.5 Å². The SMILES string of the molecule is CC(C(=O)[O-])c1ncncc1F.[Li+]. The molecule has 1 heterocycles. The average Bonchev–Trinajstić information content (AvgIpc) is 2.04. The Morgan fingerprint density at radius 3 is 2.77 bits per heavy atom. The minimum absolute atomic E-state index is 0. The minimum Gasteiger partial charge on any atom is -0.549 e. The number of nitrogens with zero attached hydrogens (tertiary/aromatic N) is 2. The molecule has 6 heteroatoms. The molecular weight excluding hydrogens is 170 g/mol. The molecule has 0 saturated carbocycles. The zero-order chi connectivity index (χ0) is 9.14. The molecule has 0 N–H and O–H groups in total. The summed E-state index contributed by atoms with van der Waals surface area (Å²) in [6.07, 6.45) is 2.01. The molecule has 0 aromatic carbocycles. The van der Waals surface area contributed by atoms with E-state index in [-0.39, 0.29) is 24.6 Å². The molecule has 0 aliphatic rings. The normalized spacial score (nSPS) is 11.5. The monoisotopic (exact) mass is 176 g/mol. The number of hydrogen-bond acceptors (Lipinski definition) is 4. The van der Waals surface area contributed by atoms with Crippen molar-refractivity contribution in [2.75, 3.05) is 0 Å². The van der Waals surface area contributed by atoms with Gasteiger partial charge in [-0.05, 0) is 0 Å². The summed E-state index contributed by atoms with van der Waals surface area (Å²) in [5.41, 5.74) is -0.148. The predicted molar refractivity (Wildman–Crippen MR) is 35.4 cm³/mol. The third-order valence-corrected chi connectivity index (χ3v) is 1.46. The molecule has 0 amide bonds. The molecule has 13 heavy (non-hydrogen) atoms. The van der Waals surface area contributed by atoms with Gasteiger partial charge in [0.2, 0.25) is 0 Å². The molecule has 1 rings (SSSR count). The van der Waals surface area contributed by atoms with Crippen molar-refractivity contribution in [2.24, 2.45) is 0 Å². The van der Waals surface area contributed by atoms with Gasteiger partial charge in [0.05, 0.1) is 17.9 Å². The fourth-order valence-electron chi connectivity index (χ4n) is 0.752. The Bertz CT molecular complexity index is 308. The van der Waals surface area contributed by atoms with E-state index in [1.165, 1.54) is 6.92 Å². The van der Waals surface area contributed by atoms with Gasteiger partial charge in [0.25, 0.3) is 0 Å². The molecule has 1 unspecified atom stereocenters. The van der Waals surface area contributed by atoms with Crippen molar-refractivity contribution >= 4 is 5.97 Å². The summed E-state index contributed by atoms with van der Waals surface area (Å²) in [5.74, 6) is -3.13. The van der Waals surface area contributed by atoms with Crippen LogP contribution in [0.25, 0.3) is 0 Å². The molecule has 0 radical (unpaired) electrons. The fraction of sp³-hybridized carbons (Fsp3) is 0.286. The molecule has 0 saturated heterocycles. The van der Waals surface area contributed by atoms with Crippen LogP contribution in [0.3, 0.4) is 0 Å². The van der Waals surface area contributed by atoms with Crippen LogP contribution in [0.2, 0.25) is 0 Å². The van der Waals surface area contributed by atoms with Crippen LogP contribution < -0.4 is 24.0 Å². The van der Waals surface area contributed by atoms with Crippen molar-refractivity contribution in [3.63, 3.8) is 0 Å². The number of carbonyl (C=O) groups is 1. The van der Waals surface area contributed by atoms with Gasteiger partial charge < -0.3 is 9.90 Å². The maximum atomic E-state index is 12.8. The summed E-state index contributed by atoms with van der Waals surface area (Å²) in [6, 6.07) is 0. The quantitative estimate of drug-likeness (QED) is 0.438. The van der Waals surface area contributed by atoms with Crippen LogP contribution in [-0.4, -0.2) is 15.9 Å². The molecule has 0 bridgehead atoms. The van der Waals surface area contributed by atoms with E-state index in [0.717, 1.165) is 12.5 Å². The second-order valence-corrected chi connectivity index (χ2v) is 2.30. The second kappa shape index (κ2) is 4.95. The average molecular weight is 176 g/mol. The number of hydrogen-bond donors (Lipinski definition) is 0. The Morgan fingerprint density at radius 1 is 1.69 bits per heavy atom. The van der Waals surface area contributed by atoms with Crippen LogP contribution in [0.1, 0.15) is 18.5 Å². The van der Waals surface area contributed by atoms with E-state index >= 15 is 0 Å². The van der Waals surface area contributed by atoms with Gasteiger partial charge in [-0.3, -0.25) is 0 Å². The molecule has 1 atom stereocenters. The first-order valence-corrected chi connectivity index (χ1v) is 3.29. The van der Waals surface area contributed by atoms with Crippen LogP contribution in [0.5, 0.6) is 0 Å². The summed E-state index contributed by atoms with van der Waals surface area (Å²) >= 11 is 0. The first kappa shape index (κ1) is 12.1. The van der Waals surface area contributed by atoms with Crippen molar-refractivity contribution in [1.82, 2.24) is 9.97 Å². The van der Waals surface area contributed by atoms with Crippen molar-refractivity contribution in [3.8, 4) is 0 Å². The maximum Gasteiger partial charge on any atom is 1.00 e. The van der Waals surface area contributed by atoms with E-state index in [0.29, 0.717) is 0 Å². The molecule has 0 fully saturated rings. The van der Waals surface area contributed by atoms with E-state index in [1.54, 1.807) is 0 Å². The van der Waals surface area contributed by atoms with Crippen molar-refractivity contribution in [3.05, 3.63) is 24.0 Å². The van der Waals surface area contributed by atoms with Crippen LogP contribution in [0, 0.1) is 5.82 Å². The summed E-state index contributed by atoms with van der Waals surface area (Å²) in [7, 11) is 0. The number of halogens is 1. The summed E-state index contributed by atoms with van der Waals surface area (Å²) in [6.45, 7) is 1.31. The third kappa shape index (κ3) is 2.79. The zero-order valence-corrected chi connectivity index (χ0v) is 7.32. The number of aliphatic carboxylic acids is 1. The van der Waals surface area contributed by atoms with E-state index in [9.17, 15) is 14.3 Å². The van der Waals surface area contributed by atoms with Gasteiger partial charge in [-0.25, -0.2) is 14.4 Å². The largest absolute Gasteiger partial charge is 1.00 e. The smallest absolute Gasteiger partial charge is 0.549 e. The van der Waals surface area contributed by atoms with Crippen molar-refractivity contribution < 1.29 is 33.2 Å². The maximum absolute atomic E-state index is 12.8. The van der Waals surface area contributed by atoms with Crippen molar-refractivity contribution in [1.29, 1.82) is 0 Å². The van der Waals surface area contributed by atoms with E-state index in [2.05, 4.69) is 9.97 Å². The Kier molecular flexibility index (Phi) is 4.60. The van der Waals surface area contributed by atoms with Crippen LogP contribution >= 0.6 is 0 Å².